The zero-order chi connectivity index (χ0) is 11.1. The zero-order valence-electron chi connectivity index (χ0n) is 8.82. The number of benzene rings is 1. The van der Waals surface area contributed by atoms with Crippen LogP contribution in [0.3, 0.4) is 0 Å². The van der Waals surface area contributed by atoms with Gasteiger partial charge in [0, 0.05) is 22.6 Å². The molecule has 1 aliphatic carbocycles. The summed E-state index contributed by atoms with van der Waals surface area (Å²) in [6, 6.07) is 7.86. The standard InChI is InChI=1S/C13H12BrNO/c14-11-4-3-10-5-6-15(8-9-1-2-9)13(16)12(10)7-11/h3-7,9H,1-2,8H2. The van der Waals surface area contributed by atoms with Gasteiger partial charge in [0.05, 0.1) is 0 Å². The Morgan fingerprint density at radius 2 is 2.12 bits per heavy atom. The molecule has 1 fully saturated rings. The lowest BCUT2D eigenvalue weighted by molar-refractivity contribution is 0.611. The van der Waals surface area contributed by atoms with E-state index >= 15 is 0 Å². The van der Waals surface area contributed by atoms with Crippen molar-refractivity contribution in [3.8, 4) is 0 Å². The molecule has 1 aromatic carbocycles. The smallest absolute Gasteiger partial charge is 0.258 e. The van der Waals surface area contributed by atoms with Crippen molar-refractivity contribution < 1.29 is 0 Å². The number of fused-ring (bicyclic) bond motifs is 1. The van der Waals surface area contributed by atoms with Crippen molar-refractivity contribution in [3.05, 3.63) is 45.3 Å². The fraction of sp³-hybridized carbons (Fsp3) is 0.308. The van der Waals surface area contributed by atoms with Gasteiger partial charge in [-0.15, -0.1) is 0 Å². The van der Waals surface area contributed by atoms with Crippen LogP contribution in [0.1, 0.15) is 12.8 Å². The average Bonchev–Trinajstić information content (AvgIpc) is 3.07. The minimum absolute atomic E-state index is 0.130. The summed E-state index contributed by atoms with van der Waals surface area (Å²) in [5.41, 5.74) is 0.130. The fourth-order valence-electron chi connectivity index (χ4n) is 1.97. The highest BCUT2D eigenvalue weighted by atomic mass is 79.9. The van der Waals surface area contributed by atoms with Crippen LogP contribution in [-0.2, 0) is 6.54 Å². The van der Waals surface area contributed by atoms with Gasteiger partial charge in [0.1, 0.15) is 0 Å². The summed E-state index contributed by atoms with van der Waals surface area (Å²) >= 11 is 3.41. The normalized spacial score (nSPS) is 15.6. The van der Waals surface area contributed by atoms with Gasteiger partial charge in [0.15, 0.2) is 0 Å². The Morgan fingerprint density at radius 3 is 2.88 bits per heavy atom. The molecule has 82 valence electrons. The third kappa shape index (κ3) is 1.80. The highest BCUT2D eigenvalue weighted by Gasteiger charge is 2.22. The summed E-state index contributed by atoms with van der Waals surface area (Å²) in [5, 5.41) is 1.82. The molecule has 3 heteroatoms. The van der Waals surface area contributed by atoms with E-state index in [2.05, 4.69) is 15.9 Å². The molecule has 0 radical (unpaired) electrons. The third-order valence-corrected chi connectivity index (χ3v) is 3.59. The van der Waals surface area contributed by atoms with Crippen molar-refractivity contribution in [2.45, 2.75) is 19.4 Å². The van der Waals surface area contributed by atoms with E-state index in [0.29, 0.717) is 0 Å². The van der Waals surface area contributed by atoms with Gasteiger partial charge in [-0.3, -0.25) is 4.79 Å². The number of halogens is 1. The van der Waals surface area contributed by atoms with Gasteiger partial charge >= 0.3 is 0 Å². The summed E-state index contributed by atoms with van der Waals surface area (Å²) in [5.74, 6) is 0.724. The molecule has 3 rings (SSSR count). The van der Waals surface area contributed by atoms with E-state index in [1.54, 1.807) is 0 Å². The van der Waals surface area contributed by atoms with Gasteiger partial charge in [-0.1, -0.05) is 22.0 Å². The number of aromatic nitrogens is 1. The van der Waals surface area contributed by atoms with Gasteiger partial charge in [0.2, 0.25) is 0 Å². The molecule has 0 atom stereocenters. The molecule has 16 heavy (non-hydrogen) atoms. The molecule has 0 spiro atoms. The first-order valence-corrected chi connectivity index (χ1v) is 6.32. The Labute approximate surface area is 102 Å². The molecule has 0 bridgehead atoms. The highest BCUT2D eigenvalue weighted by Crippen LogP contribution is 2.30. The van der Waals surface area contributed by atoms with Crippen LogP contribution in [0.2, 0.25) is 0 Å². The van der Waals surface area contributed by atoms with E-state index in [0.717, 1.165) is 27.7 Å². The summed E-state index contributed by atoms with van der Waals surface area (Å²) < 4.78 is 2.80. The minimum atomic E-state index is 0.130. The minimum Gasteiger partial charge on any atom is -0.315 e. The largest absolute Gasteiger partial charge is 0.315 e. The maximum atomic E-state index is 12.2. The van der Waals surface area contributed by atoms with Crippen LogP contribution < -0.4 is 5.56 Å². The van der Waals surface area contributed by atoms with Crippen LogP contribution in [0, 0.1) is 5.92 Å². The summed E-state index contributed by atoms with van der Waals surface area (Å²) in [7, 11) is 0. The molecule has 0 unspecified atom stereocenters. The van der Waals surface area contributed by atoms with E-state index in [9.17, 15) is 4.79 Å². The topological polar surface area (TPSA) is 22.0 Å². The Balaban J connectivity index is 2.17. The molecule has 0 amide bonds. The molecule has 1 heterocycles. The summed E-state index contributed by atoms with van der Waals surface area (Å²) in [6.07, 6.45) is 4.45. The first-order valence-electron chi connectivity index (χ1n) is 5.53. The van der Waals surface area contributed by atoms with Gasteiger partial charge in [-0.05, 0) is 42.3 Å². The van der Waals surface area contributed by atoms with Crippen LogP contribution >= 0.6 is 15.9 Å². The molecular formula is C13H12BrNO. The summed E-state index contributed by atoms with van der Waals surface area (Å²) in [6.45, 7) is 0.876. The van der Waals surface area contributed by atoms with Crippen molar-refractivity contribution in [3.63, 3.8) is 0 Å². The van der Waals surface area contributed by atoms with E-state index in [1.165, 1.54) is 12.8 Å². The predicted molar refractivity (Wildman–Crippen MR) is 68.6 cm³/mol. The van der Waals surface area contributed by atoms with Gasteiger partial charge < -0.3 is 4.57 Å². The number of rotatable bonds is 2. The van der Waals surface area contributed by atoms with E-state index in [1.807, 2.05) is 35.0 Å². The maximum absolute atomic E-state index is 12.2. The zero-order valence-corrected chi connectivity index (χ0v) is 10.4. The molecule has 0 N–H and O–H groups in total. The van der Waals surface area contributed by atoms with E-state index < -0.39 is 0 Å². The molecule has 2 nitrogen and oxygen atoms in total. The maximum Gasteiger partial charge on any atom is 0.258 e. The Hall–Kier alpha value is -1.09. The van der Waals surface area contributed by atoms with Crippen molar-refractivity contribution in [1.82, 2.24) is 4.57 Å². The SMILES string of the molecule is O=c1c2cc(Br)ccc2ccn1CC1CC1. The van der Waals surface area contributed by atoms with Gasteiger partial charge in [0.25, 0.3) is 5.56 Å². The number of hydrogen-bond acceptors (Lipinski definition) is 1. The van der Waals surface area contributed by atoms with E-state index in [-0.39, 0.29) is 5.56 Å². The van der Waals surface area contributed by atoms with Crippen LogP contribution in [0.5, 0.6) is 0 Å². The highest BCUT2D eigenvalue weighted by molar-refractivity contribution is 9.10. The molecule has 1 aromatic heterocycles. The first kappa shape index (κ1) is 10.1. The van der Waals surface area contributed by atoms with Gasteiger partial charge in [-0.25, -0.2) is 0 Å². The summed E-state index contributed by atoms with van der Waals surface area (Å²) in [4.78, 5) is 12.2. The third-order valence-electron chi connectivity index (χ3n) is 3.09. The monoisotopic (exact) mass is 277 g/mol. The average molecular weight is 278 g/mol. The number of pyridine rings is 1. The van der Waals surface area contributed by atoms with Crippen molar-refractivity contribution >= 4 is 26.7 Å². The molecule has 1 aliphatic rings. The second-order valence-corrected chi connectivity index (χ2v) is 5.36. The van der Waals surface area contributed by atoms with E-state index in [4.69, 9.17) is 0 Å². The Bertz CT molecular complexity index is 598. The first-order chi connectivity index (χ1) is 7.74. The quantitative estimate of drug-likeness (QED) is 0.827. The van der Waals surface area contributed by atoms with Crippen LogP contribution in [0.15, 0.2) is 39.7 Å². The van der Waals surface area contributed by atoms with Crippen molar-refractivity contribution in [2.24, 2.45) is 5.92 Å². The lowest BCUT2D eigenvalue weighted by atomic mass is 10.2. The van der Waals surface area contributed by atoms with Gasteiger partial charge in [-0.2, -0.15) is 0 Å². The second kappa shape index (κ2) is 3.74. The van der Waals surface area contributed by atoms with Crippen molar-refractivity contribution in [2.75, 3.05) is 0 Å². The van der Waals surface area contributed by atoms with Crippen LogP contribution in [0.25, 0.3) is 10.8 Å². The lowest BCUT2D eigenvalue weighted by Crippen LogP contribution is -2.20. The van der Waals surface area contributed by atoms with Crippen LogP contribution in [-0.4, -0.2) is 4.57 Å². The Morgan fingerprint density at radius 1 is 1.31 bits per heavy atom. The number of nitrogens with zero attached hydrogens (tertiary/aromatic N) is 1. The second-order valence-electron chi connectivity index (χ2n) is 4.45. The van der Waals surface area contributed by atoms with Crippen LogP contribution in [0.4, 0.5) is 0 Å². The molecule has 0 aliphatic heterocycles. The van der Waals surface area contributed by atoms with Crippen molar-refractivity contribution in [1.29, 1.82) is 0 Å². The molecule has 1 saturated carbocycles. The lowest BCUT2D eigenvalue weighted by Gasteiger charge is -2.06. The predicted octanol–water partition coefficient (Wildman–Crippen LogP) is 3.17. The molecule has 0 saturated heterocycles. The fourth-order valence-corrected chi connectivity index (χ4v) is 2.34. The molecule has 2 aromatic rings. The number of hydrogen-bond donors (Lipinski definition) is 0. The molecular weight excluding hydrogens is 266 g/mol. The Kier molecular flexibility index (Phi) is 2.36.